The van der Waals surface area contributed by atoms with Gasteiger partial charge in [-0.3, -0.25) is 4.79 Å². The van der Waals surface area contributed by atoms with Crippen LogP contribution >= 0.6 is 23.2 Å². The number of piperazine rings is 1. The lowest BCUT2D eigenvalue weighted by molar-refractivity contribution is -0.129. The Labute approximate surface area is 220 Å². The molecule has 2 aliphatic heterocycles. The second-order valence-electron chi connectivity index (χ2n) is 9.01. The number of carbonyl (C=O) groups excluding carboxylic acids is 1. The molecule has 0 spiro atoms. The number of halogens is 2. The van der Waals surface area contributed by atoms with Gasteiger partial charge in [-0.1, -0.05) is 29.3 Å². The second-order valence-corrected chi connectivity index (χ2v) is 9.85. The van der Waals surface area contributed by atoms with Crippen LogP contribution in [0.4, 0.5) is 5.69 Å². The third-order valence-electron chi connectivity index (χ3n) is 6.59. The lowest BCUT2D eigenvalue weighted by Gasteiger charge is -2.35. The Hall–Kier alpha value is -2.78. The number of imidazole rings is 1. The van der Waals surface area contributed by atoms with Crippen molar-refractivity contribution in [1.82, 2.24) is 14.5 Å². The van der Waals surface area contributed by atoms with Crippen LogP contribution in [-0.4, -0.2) is 66.0 Å². The molecule has 36 heavy (non-hydrogen) atoms. The van der Waals surface area contributed by atoms with Crippen molar-refractivity contribution < 1.29 is 19.0 Å². The molecule has 3 heterocycles. The van der Waals surface area contributed by atoms with Gasteiger partial charge in [-0.15, -0.1) is 0 Å². The maximum Gasteiger partial charge on any atom is 0.219 e. The number of carbonyl (C=O) groups is 1. The van der Waals surface area contributed by atoms with Gasteiger partial charge >= 0.3 is 0 Å². The van der Waals surface area contributed by atoms with Crippen LogP contribution < -0.4 is 9.64 Å². The van der Waals surface area contributed by atoms with E-state index < -0.39 is 11.9 Å². The van der Waals surface area contributed by atoms with Crippen LogP contribution in [-0.2, 0) is 26.4 Å². The van der Waals surface area contributed by atoms with Crippen molar-refractivity contribution in [2.24, 2.45) is 0 Å². The predicted molar refractivity (Wildman–Crippen MR) is 138 cm³/mol. The quantitative estimate of drug-likeness (QED) is 0.455. The smallest absolute Gasteiger partial charge is 0.219 e. The first kappa shape index (κ1) is 24.9. The average Bonchev–Trinajstić information content (AvgIpc) is 3.54. The van der Waals surface area contributed by atoms with Crippen LogP contribution in [0, 0.1) is 0 Å². The minimum Gasteiger partial charge on any atom is -0.488 e. The van der Waals surface area contributed by atoms with Crippen molar-refractivity contribution in [3.8, 4) is 5.75 Å². The van der Waals surface area contributed by atoms with E-state index in [2.05, 4.69) is 9.88 Å². The Morgan fingerprint density at radius 3 is 2.58 bits per heavy atom. The summed E-state index contributed by atoms with van der Waals surface area (Å²) in [5, 5.41) is 1.08. The second kappa shape index (κ2) is 10.7. The molecule has 2 aliphatic rings. The number of nitrogens with zero attached hydrogens (tertiary/aromatic N) is 4. The molecular weight excluding hydrogens is 503 g/mol. The van der Waals surface area contributed by atoms with E-state index in [0.29, 0.717) is 23.2 Å². The normalized spacial score (nSPS) is 22.1. The van der Waals surface area contributed by atoms with Gasteiger partial charge in [-0.25, -0.2) is 4.98 Å². The fourth-order valence-corrected chi connectivity index (χ4v) is 5.25. The topological polar surface area (TPSA) is 69.1 Å². The zero-order valence-corrected chi connectivity index (χ0v) is 21.5. The van der Waals surface area contributed by atoms with E-state index in [1.165, 1.54) is 0 Å². The van der Waals surface area contributed by atoms with Crippen molar-refractivity contribution >= 4 is 34.8 Å². The van der Waals surface area contributed by atoms with Crippen LogP contribution in [0.25, 0.3) is 0 Å². The maximum absolute atomic E-state index is 11.6. The lowest BCUT2D eigenvalue weighted by atomic mass is 9.94. The van der Waals surface area contributed by atoms with Gasteiger partial charge in [0.05, 0.1) is 19.5 Å². The first-order chi connectivity index (χ1) is 17.4. The third kappa shape index (κ3) is 5.47. The van der Waals surface area contributed by atoms with Crippen molar-refractivity contribution in [1.29, 1.82) is 0 Å². The van der Waals surface area contributed by atoms with E-state index in [-0.39, 0.29) is 12.5 Å². The Morgan fingerprint density at radius 2 is 1.92 bits per heavy atom. The molecule has 1 amide bonds. The number of ether oxygens (including phenoxy) is 3. The Bertz CT molecular complexity index is 1180. The summed E-state index contributed by atoms with van der Waals surface area (Å²) in [6, 6.07) is 13.3. The monoisotopic (exact) mass is 530 g/mol. The summed E-state index contributed by atoms with van der Waals surface area (Å²) < 4.78 is 20.4. The highest BCUT2D eigenvalue weighted by Gasteiger charge is 2.45. The van der Waals surface area contributed by atoms with Gasteiger partial charge in [0.25, 0.3) is 0 Å². The Morgan fingerprint density at radius 1 is 1.14 bits per heavy atom. The standard InChI is InChI=1S/C26H28Cl2N4O4/c1-19(33)31-10-12-32(13-11-31)21-3-5-22(6-4-21)34-15-25-35-17-26(36-25,16-30-9-8-29-18-30)23-7-2-20(27)14-24(23)28/h2-9,14,18,25H,10-13,15-17H2,1H3/t25-,26+/m0/s1. The molecule has 0 aliphatic carbocycles. The van der Waals surface area contributed by atoms with Gasteiger partial charge in [-0.2, -0.15) is 0 Å². The molecular formula is C26H28Cl2N4O4. The number of rotatable bonds is 7. The van der Waals surface area contributed by atoms with Gasteiger partial charge in [-0.05, 0) is 36.4 Å². The summed E-state index contributed by atoms with van der Waals surface area (Å²) in [7, 11) is 0. The van der Waals surface area contributed by atoms with Crippen LogP contribution in [0.15, 0.2) is 61.2 Å². The molecule has 2 aromatic carbocycles. The number of amides is 1. The van der Waals surface area contributed by atoms with E-state index in [1.54, 1.807) is 31.6 Å². The van der Waals surface area contributed by atoms with E-state index in [0.717, 1.165) is 43.2 Å². The molecule has 0 bridgehead atoms. The van der Waals surface area contributed by atoms with Crippen molar-refractivity contribution in [3.05, 3.63) is 76.8 Å². The van der Waals surface area contributed by atoms with Crippen LogP contribution in [0.3, 0.4) is 0 Å². The molecule has 10 heteroatoms. The highest BCUT2D eigenvalue weighted by atomic mass is 35.5. The minimum atomic E-state index is -0.803. The summed E-state index contributed by atoms with van der Waals surface area (Å²) >= 11 is 12.7. The van der Waals surface area contributed by atoms with Crippen molar-refractivity contribution in [2.45, 2.75) is 25.4 Å². The number of aromatic nitrogens is 2. The summed E-state index contributed by atoms with van der Waals surface area (Å²) in [6.45, 7) is 5.75. The molecule has 8 nitrogen and oxygen atoms in total. The molecule has 2 saturated heterocycles. The van der Waals surface area contributed by atoms with Gasteiger partial charge in [0.15, 0.2) is 6.29 Å². The molecule has 1 aromatic heterocycles. The number of benzene rings is 2. The number of anilines is 1. The van der Waals surface area contributed by atoms with Gasteiger partial charge in [0.1, 0.15) is 18.0 Å². The van der Waals surface area contributed by atoms with E-state index >= 15 is 0 Å². The van der Waals surface area contributed by atoms with Crippen molar-refractivity contribution in [2.75, 3.05) is 44.3 Å². The Kier molecular flexibility index (Phi) is 7.39. The lowest BCUT2D eigenvalue weighted by Crippen LogP contribution is -2.48. The molecule has 2 atom stereocenters. The molecule has 190 valence electrons. The molecule has 0 radical (unpaired) electrons. The molecule has 0 N–H and O–H groups in total. The Balaban J connectivity index is 1.22. The van der Waals surface area contributed by atoms with Gasteiger partial charge in [0, 0.05) is 66.8 Å². The maximum atomic E-state index is 11.6. The van der Waals surface area contributed by atoms with Crippen LogP contribution in [0.2, 0.25) is 10.0 Å². The summed E-state index contributed by atoms with van der Waals surface area (Å²) in [4.78, 5) is 19.8. The first-order valence-corrected chi connectivity index (χ1v) is 12.6. The minimum absolute atomic E-state index is 0.127. The van der Waals surface area contributed by atoms with Gasteiger partial charge in [0.2, 0.25) is 5.91 Å². The van der Waals surface area contributed by atoms with Crippen molar-refractivity contribution in [3.63, 3.8) is 0 Å². The fourth-order valence-electron chi connectivity index (χ4n) is 4.67. The molecule has 2 fully saturated rings. The van der Waals surface area contributed by atoms with E-state index in [9.17, 15) is 4.79 Å². The number of hydrogen-bond donors (Lipinski definition) is 0. The SMILES string of the molecule is CC(=O)N1CCN(c2ccc(OC[C@H]3OC[C@](Cn4ccnc4)(c4ccc(Cl)cc4Cl)O3)cc2)CC1. The molecule has 0 saturated carbocycles. The molecule has 3 aromatic rings. The van der Waals surface area contributed by atoms with Crippen LogP contribution in [0.5, 0.6) is 5.75 Å². The average molecular weight is 531 g/mol. The largest absolute Gasteiger partial charge is 0.488 e. The summed E-state index contributed by atoms with van der Waals surface area (Å²) in [5.41, 5.74) is 1.11. The van der Waals surface area contributed by atoms with Gasteiger partial charge < -0.3 is 28.6 Å². The third-order valence-corrected chi connectivity index (χ3v) is 7.14. The predicted octanol–water partition coefficient (Wildman–Crippen LogP) is 4.21. The summed E-state index contributed by atoms with van der Waals surface area (Å²) in [5.74, 6) is 0.854. The summed E-state index contributed by atoms with van der Waals surface area (Å²) in [6.07, 6.45) is 4.76. The van der Waals surface area contributed by atoms with E-state index in [4.69, 9.17) is 37.4 Å². The first-order valence-electron chi connectivity index (χ1n) is 11.9. The molecule has 5 rings (SSSR count). The highest BCUT2D eigenvalue weighted by molar-refractivity contribution is 6.35. The number of hydrogen-bond acceptors (Lipinski definition) is 6. The fraction of sp³-hybridized carbons (Fsp3) is 0.385. The molecule has 0 unspecified atom stereocenters. The zero-order chi connectivity index (χ0) is 25.1. The van der Waals surface area contributed by atoms with E-state index in [1.807, 2.05) is 46.0 Å². The van der Waals surface area contributed by atoms with Crippen LogP contribution in [0.1, 0.15) is 12.5 Å². The highest BCUT2D eigenvalue weighted by Crippen LogP contribution is 2.40. The zero-order valence-electron chi connectivity index (χ0n) is 20.0.